The summed E-state index contributed by atoms with van der Waals surface area (Å²) in [6.07, 6.45) is -2.37. The first kappa shape index (κ1) is 13.3. The molecule has 2 saturated carbocycles. The van der Waals surface area contributed by atoms with E-state index in [-0.39, 0.29) is 10.1 Å². The molecule has 1 heterocycles. The fraction of sp³-hybridized carbons (Fsp3) is 0.400. The lowest BCUT2D eigenvalue weighted by Crippen LogP contribution is -2.19. The van der Waals surface area contributed by atoms with Gasteiger partial charge in [0.1, 0.15) is 0 Å². The van der Waals surface area contributed by atoms with Gasteiger partial charge < -0.3 is 9.72 Å². The van der Waals surface area contributed by atoms with E-state index in [1.54, 1.807) is 19.2 Å². The predicted octanol–water partition coefficient (Wildman–Crippen LogP) is 4.41. The zero-order valence-corrected chi connectivity index (χ0v) is 11.9. The molecule has 0 bridgehead atoms. The summed E-state index contributed by atoms with van der Waals surface area (Å²) in [5.74, 6) is 1.03. The molecule has 1 N–H and O–H groups in total. The molecule has 110 valence electrons. The largest absolute Gasteiger partial charge is 0.419 e. The maximum absolute atomic E-state index is 12.9. The van der Waals surface area contributed by atoms with Crippen LogP contribution in [0.4, 0.5) is 13.2 Å². The average Bonchev–Trinajstić information content (AvgIpc) is 3.30. The SMILES string of the molecule is COC1(c2ccc3[nH]cc(C(F)(F)F)c(=S)c3c2)C2CC21. The Morgan fingerprint density at radius 2 is 2.05 bits per heavy atom. The summed E-state index contributed by atoms with van der Waals surface area (Å²) in [6.45, 7) is 0. The van der Waals surface area contributed by atoms with Crippen LogP contribution in [-0.4, -0.2) is 12.1 Å². The van der Waals surface area contributed by atoms with E-state index in [2.05, 4.69) is 4.98 Å². The van der Waals surface area contributed by atoms with Crippen molar-refractivity contribution in [1.29, 1.82) is 0 Å². The van der Waals surface area contributed by atoms with Crippen molar-refractivity contribution in [3.05, 3.63) is 40.0 Å². The Bertz CT molecular complexity index is 803. The Kier molecular flexibility index (Phi) is 2.44. The zero-order valence-electron chi connectivity index (χ0n) is 11.1. The highest BCUT2D eigenvalue weighted by Crippen LogP contribution is 2.78. The summed E-state index contributed by atoms with van der Waals surface area (Å²) in [5, 5.41) is 0.431. The lowest BCUT2D eigenvalue weighted by Gasteiger charge is -2.22. The van der Waals surface area contributed by atoms with Gasteiger partial charge in [0, 0.05) is 24.2 Å². The second kappa shape index (κ2) is 3.87. The fourth-order valence-electron chi connectivity index (χ4n) is 3.41. The highest BCUT2D eigenvalue weighted by atomic mass is 32.1. The van der Waals surface area contributed by atoms with Crippen molar-refractivity contribution in [3.63, 3.8) is 0 Å². The van der Waals surface area contributed by atoms with Gasteiger partial charge in [0.05, 0.1) is 15.7 Å². The summed E-state index contributed by atoms with van der Waals surface area (Å²) in [7, 11) is 1.66. The molecule has 0 aliphatic heterocycles. The second-order valence-electron chi connectivity index (χ2n) is 5.74. The molecule has 1 aromatic heterocycles. The number of alkyl halides is 3. The first-order valence-electron chi connectivity index (χ1n) is 6.68. The van der Waals surface area contributed by atoms with Crippen LogP contribution in [0.2, 0.25) is 0 Å². The van der Waals surface area contributed by atoms with Gasteiger partial charge in [0.15, 0.2) is 0 Å². The Labute approximate surface area is 123 Å². The maximum atomic E-state index is 12.9. The number of pyridine rings is 1. The molecule has 2 fully saturated rings. The lowest BCUT2D eigenvalue weighted by molar-refractivity contribution is -0.138. The van der Waals surface area contributed by atoms with Crippen LogP contribution in [0.3, 0.4) is 0 Å². The fourth-order valence-corrected chi connectivity index (χ4v) is 3.76. The van der Waals surface area contributed by atoms with Gasteiger partial charge in [-0.05, 0) is 36.0 Å². The third-order valence-corrected chi connectivity index (χ3v) is 5.20. The topological polar surface area (TPSA) is 25.0 Å². The number of fused-ring (bicyclic) bond motifs is 2. The molecule has 2 aliphatic carbocycles. The van der Waals surface area contributed by atoms with Crippen molar-refractivity contribution >= 4 is 23.1 Å². The number of rotatable bonds is 2. The van der Waals surface area contributed by atoms with Crippen molar-refractivity contribution in [2.45, 2.75) is 18.2 Å². The molecule has 1 aromatic carbocycles. The van der Waals surface area contributed by atoms with Gasteiger partial charge in [0.25, 0.3) is 0 Å². The standard InChI is InChI=1S/C15H12F3NOS/c1-20-14(9-5-10(9)14)7-2-3-12-8(4-7)13(21)11(6-19-12)15(16,17)18/h2-4,6,9-10H,5H2,1H3,(H,19,21). The number of aromatic nitrogens is 1. The minimum Gasteiger partial charge on any atom is -0.373 e. The smallest absolute Gasteiger partial charge is 0.373 e. The van der Waals surface area contributed by atoms with Crippen LogP contribution in [0.25, 0.3) is 10.9 Å². The van der Waals surface area contributed by atoms with Crippen molar-refractivity contribution < 1.29 is 17.9 Å². The van der Waals surface area contributed by atoms with Crippen LogP contribution in [0.1, 0.15) is 17.5 Å². The maximum Gasteiger partial charge on any atom is 0.419 e. The summed E-state index contributed by atoms with van der Waals surface area (Å²) < 4.78 is 44.3. The molecular weight excluding hydrogens is 299 g/mol. The van der Waals surface area contributed by atoms with Gasteiger partial charge in [-0.15, -0.1) is 0 Å². The molecule has 2 aliphatic rings. The van der Waals surface area contributed by atoms with E-state index >= 15 is 0 Å². The minimum absolute atomic E-state index is 0.154. The van der Waals surface area contributed by atoms with Gasteiger partial charge in [-0.25, -0.2) is 0 Å². The Balaban J connectivity index is 1.91. The number of ether oxygens (including phenoxy) is 1. The summed E-state index contributed by atoms with van der Waals surface area (Å²) in [4.78, 5) is 2.68. The van der Waals surface area contributed by atoms with E-state index in [1.807, 2.05) is 6.07 Å². The molecule has 0 radical (unpaired) electrons. The number of nitrogens with one attached hydrogen (secondary N) is 1. The Hall–Kier alpha value is -1.40. The minimum atomic E-state index is -4.45. The molecule has 2 nitrogen and oxygen atoms in total. The average molecular weight is 311 g/mol. The van der Waals surface area contributed by atoms with Crippen LogP contribution in [-0.2, 0) is 16.5 Å². The Morgan fingerprint density at radius 1 is 1.33 bits per heavy atom. The highest BCUT2D eigenvalue weighted by molar-refractivity contribution is 7.71. The van der Waals surface area contributed by atoms with Crippen LogP contribution >= 0.6 is 12.2 Å². The highest BCUT2D eigenvalue weighted by Gasteiger charge is 2.78. The van der Waals surface area contributed by atoms with E-state index in [0.29, 0.717) is 22.7 Å². The molecule has 2 atom stereocenters. The van der Waals surface area contributed by atoms with E-state index in [0.717, 1.165) is 18.2 Å². The predicted molar refractivity (Wildman–Crippen MR) is 74.4 cm³/mol. The molecule has 4 rings (SSSR count). The number of methoxy groups -OCH3 is 1. The van der Waals surface area contributed by atoms with Gasteiger partial charge in [-0.3, -0.25) is 0 Å². The summed E-state index contributed by atoms with van der Waals surface area (Å²) in [5.41, 5.74) is 0.453. The number of H-pyrrole nitrogens is 1. The quantitative estimate of drug-likeness (QED) is 0.831. The van der Waals surface area contributed by atoms with Crippen molar-refractivity contribution in [2.75, 3.05) is 7.11 Å². The number of benzene rings is 1. The van der Waals surface area contributed by atoms with E-state index < -0.39 is 11.7 Å². The number of aromatic amines is 1. The molecule has 0 saturated heterocycles. The molecule has 21 heavy (non-hydrogen) atoms. The van der Waals surface area contributed by atoms with Gasteiger partial charge in [0.2, 0.25) is 0 Å². The van der Waals surface area contributed by atoms with Crippen LogP contribution in [0, 0.1) is 16.3 Å². The normalized spacial score (nSPS) is 30.3. The lowest BCUT2D eigenvalue weighted by atomic mass is 9.96. The van der Waals surface area contributed by atoms with Crippen molar-refractivity contribution in [3.8, 4) is 0 Å². The first-order chi connectivity index (χ1) is 9.89. The number of halogens is 3. The summed E-state index contributed by atoms with van der Waals surface area (Å²) in [6, 6.07) is 5.44. The van der Waals surface area contributed by atoms with E-state index in [9.17, 15) is 13.2 Å². The van der Waals surface area contributed by atoms with Gasteiger partial charge in [-0.2, -0.15) is 13.2 Å². The Morgan fingerprint density at radius 3 is 2.57 bits per heavy atom. The number of hydrogen-bond donors (Lipinski definition) is 1. The molecule has 2 aromatic rings. The number of hydrogen-bond acceptors (Lipinski definition) is 2. The van der Waals surface area contributed by atoms with Gasteiger partial charge in [-0.1, -0.05) is 18.3 Å². The van der Waals surface area contributed by atoms with Crippen LogP contribution < -0.4 is 0 Å². The van der Waals surface area contributed by atoms with Crippen molar-refractivity contribution in [2.24, 2.45) is 11.8 Å². The molecule has 0 amide bonds. The molecule has 2 unspecified atom stereocenters. The molecular formula is C15H12F3NOS. The monoisotopic (exact) mass is 311 g/mol. The van der Waals surface area contributed by atoms with Crippen LogP contribution in [0.15, 0.2) is 24.4 Å². The van der Waals surface area contributed by atoms with Crippen molar-refractivity contribution in [1.82, 2.24) is 4.98 Å². The van der Waals surface area contributed by atoms with E-state index in [4.69, 9.17) is 17.0 Å². The third kappa shape index (κ3) is 1.66. The molecule has 0 spiro atoms. The second-order valence-corrected chi connectivity index (χ2v) is 6.14. The molecule has 6 heteroatoms. The third-order valence-electron chi connectivity index (χ3n) is 4.76. The first-order valence-corrected chi connectivity index (χ1v) is 7.08. The van der Waals surface area contributed by atoms with E-state index in [1.165, 1.54) is 0 Å². The summed E-state index contributed by atoms with van der Waals surface area (Å²) >= 11 is 5.04. The van der Waals surface area contributed by atoms with Crippen LogP contribution in [0.5, 0.6) is 0 Å². The zero-order chi connectivity index (χ0) is 15.0. The van der Waals surface area contributed by atoms with Gasteiger partial charge >= 0.3 is 6.18 Å².